The van der Waals surface area contributed by atoms with E-state index in [0.29, 0.717) is 0 Å². The molecule has 2 aliphatic rings. The van der Waals surface area contributed by atoms with E-state index in [1.165, 1.54) is 47.1 Å². The molecule has 1 saturated heterocycles. The molecule has 3 rings (SSSR count). The summed E-state index contributed by atoms with van der Waals surface area (Å²) in [6, 6.07) is 0.740. The molecule has 0 bridgehead atoms. The zero-order chi connectivity index (χ0) is 11.8. The second kappa shape index (κ2) is 4.62. The number of fused-ring (bicyclic) bond motifs is 1. The monoisotopic (exact) mass is 294 g/mol. The predicted molar refractivity (Wildman–Crippen MR) is 75.4 cm³/mol. The van der Waals surface area contributed by atoms with Crippen LogP contribution in [0.2, 0.25) is 0 Å². The van der Waals surface area contributed by atoms with Gasteiger partial charge < -0.3 is 9.88 Å². The number of nitrogens with zero attached hydrogens (tertiary/aromatic N) is 1. The van der Waals surface area contributed by atoms with Crippen molar-refractivity contribution in [2.45, 2.75) is 38.1 Å². The van der Waals surface area contributed by atoms with Gasteiger partial charge in [-0.05, 0) is 67.4 Å². The molecule has 0 spiro atoms. The smallest absolute Gasteiger partial charge is 0.0227 e. The second-order valence-corrected chi connectivity index (χ2v) is 6.30. The quantitative estimate of drug-likeness (QED) is 0.886. The Kier molecular flexibility index (Phi) is 3.14. The molecule has 2 nitrogen and oxygen atoms in total. The molecule has 17 heavy (non-hydrogen) atoms. The molecule has 1 fully saturated rings. The van der Waals surface area contributed by atoms with E-state index >= 15 is 0 Å². The van der Waals surface area contributed by atoms with Gasteiger partial charge in [-0.1, -0.05) is 15.9 Å². The van der Waals surface area contributed by atoms with Crippen molar-refractivity contribution in [3.63, 3.8) is 0 Å². The van der Waals surface area contributed by atoms with Crippen molar-refractivity contribution in [3.05, 3.63) is 27.5 Å². The Morgan fingerprint density at radius 2 is 2.35 bits per heavy atom. The molecule has 1 aromatic rings. The summed E-state index contributed by atoms with van der Waals surface area (Å²) in [5.41, 5.74) is 4.36. The van der Waals surface area contributed by atoms with Gasteiger partial charge in [0.15, 0.2) is 0 Å². The first-order chi connectivity index (χ1) is 8.24. The Morgan fingerprint density at radius 3 is 3.12 bits per heavy atom. The van der Waals surface area contributed by atoms with E-state index in [0.717, 1.165) is 18.9 Å². The summed E-state index contributed by atoms with van der Waals surface area (Å²) < 4.78 is 1.34. The summed E-state index contributed by atoms with van der Waals surface area (Å²) in [5.74, 6) is 0. The largest absolute Gasteiger partial charge is 0.364 e. The van der Waals surface area contributed by atoms with Gasteiger partial charge >= 0.3 is 0 Å². The normalized spacial score (nSPS) is 24.8. The van der Waals surface area contributed by atoms with Crippen LogP contribution in [0.15, 0.2) is 10.7 Å². The van der Waals surface area contributed by atoms with Crippen molar-refractivity contribution in [3.8, 4) is 0 Å². The van der Waals surface area contributed by atoms with Gasteiger partial charge in [-0.15, -0.1) is 0 Å². The standard InChI is InChI=1S/C14H19BrN2/c1-17-6-2-3-12(17)7-10-9-16-14-5-4-11(15)8-13(10)14/h8-9,12,16H,2-7H2,1H3/t12-/m1/s1. The Hall–Kier alpha value is -0.540. The van der Waals surface area contributed by atoms with Crippen LogP contribution < -0.4 is 0 Å². The molecule has 1 N–H and O–H groups in total. The molecule has 1 aliphatic heterocycles. The van der Waals surface area contributed by atoms with E-state index in [-0.39, 0.29) is 0 Å². The first-order valence-corrected chi connectivity index (χ1v) is 7.29. The molecule has 0 unspecified atom stereocenters. The molecule has 0 radical (unpaired) electrons. The molecule has 1 aliphatic carbocycles. The van der Waals surface area contributed by atoms with Crippen LogP contribution in [0.5, 0.6) is 0 Å². The molecule has 0 saturated carbocycles. The number of aromatic amines is 1. The topological polar surface area (TPSA) is 19.0 Å². The molecule has 0 aromatic carbocycles. The van der Waals surface area contributed by atoms with Crippen molar-refractivity contribution in [2.24, 2.45) is 0 Å². The first-order valence-electron chi connectivity index (χ1n) is 6.49. The number of halogens is 1. The SMILES string of the molecule is CN1CCC[C@@H]1Cc1c[nH]c2c1C=C(Br)CC2. The lowest BCUT2D eigenvalue weighted by atomic mass is 9.97. The number of nitrogens with one attached hydrogen (secondary N) is 1. The Labute approximate surface area is 111 Å². The van der Waals surface area contributed by atoms with Gasteiger partial charge in [0.2, 0.25) is 0 Å². The van der Waals surface area contributed by atoms with Gasteiger partial charge in [-0.3, -0.25) is 0 Å². The number of allylic oxidation sites excluding steroid dienone is 1. The van der Waals surface area contributed by atoms with E-state index in [1.807, 2.05) is 0 Å². The number of hydrogen-bond donors (Lipinski definition) is 1. The van der Waals surface area contributed by atoms with Crippen LogP contribution in [0.25, 0.3) is 6.08 Å². The number of hydrogen-bond acceptors (Lipinski definition) is 1. The number of aryl methyl sites for hydroxylation is 1. The summed E-state index contributed by atoms with van der Waals surface area (Å²) in [5, 5.41) is 0. The molecule has 1 atom stereocenters. The highest BCUT2D eigenvalue weighted by Gasteiger charge is 2.23. The maximum atomic E-state index is 3.64. The molecule has 3 heteroatoms. The fraction of sp³-hybridized carbons (Fsp3) is 0.571. The van der Waals surface area contributed by atoms with Gasteiger partial charge in [0.25, 0.3) is 0 Å². The number of rotatable bonds is 2. The Bertz CT molecular complexity index is 447. The number of aromatic nitrogens is 1. The van der Waals surface area contributed by atoms with Crippen molar-refractivity contribution >= 4 is 22.0 Å². The zero-order valence-electron chi connectivity index (χ0n) is 10.3. The summed E-state index contributed by atoms with van der Waals surface area (Å²) in [6.07, 6.45) is 10.7. The predicted octanol–water partition coefficient (Wildman–Crippen LogP) is 3.33. The minimum atomic E-state index is 0.740. The summed E-state index contributed by atoms with van der Waals surface area (Å²) >= 11 is 3.64. The van der Waals surface area contributed by atoms with Gasteiger partial charge in [-0.2, -0.15) is 0 Å². The van der Waals surface area contributed by atoms with Gasteiger partial charge in [0.05, 0.1) is 0 Å². The van der Waals surface area contributed by atoms with Crippen molar-refractivity contribution in [1.82, 2.24) is 9.88 Å². The van der Waals surface area contributed by atoms with Crippen molar-refractivity contribution in [1.29, 1.82) is 0 Å². The average Bonchev–Trinajstić information content (AvgIpc) is 2.88. The van der Waals surface area contributed by atoms with Crippen molar-refractivity contribution in [2.75, 3.05) is 13.6 Å². The third-order valence-corrected chi connectivity index (χ3v) is 4.76. The number of H-pyrrole nitrogens is 1. The van der Waals surface area contributed by atoms with Crippen molar-refractivity contribution < 1.29 is 0 Å². The van der Waals surface area contributed by atoms with E-state index in [2.05, 4.69) is 45.1 Å². The van der Waals surface area contributed by atoms with E-state index in [4.69, 9.17) is 0 Å². The highest BCUT2D eigenvalue weighted by Crippen LogP contribution is 2.31. The lowest BCUT2D eigenvalue weighted by Gasteiger charge is -2.19. The summed E-state index contributed by atoms with van der Waals surface area (Å²) in [6.45, 7) is 1.26. The highest BCUT2D eigenvalue weighted by molar-refractivity contribution is 9.11. The first kappa shape index (κ1) is 11.5. The van der Waals surface area contributed by atoms with E-state index in [9.17, 15) is 0 Å². The lowest BCUT2D eigenvalue weighted by molar-refractivity contribution is 0.309. The van der Waals surface area contributed by atoms with Gasteiger partial charge in [0, 0.05) is 17.9 Å². The fourth-order valence-electron chi connectivity index (χ4n) is 3.04. The summed E-state index contributed by atoms with van der Waals surface area (Å²) in [4.78, 5) is 5.95. The third kappa shape index (κ3) is 2.23. The van der Waals surface area contributed by atoms with E-state index < -0.39 is 0 Å². The minimum absolute atomic E-state index is 0.740. The summed E-state index contributed by atoms with van der Waals surface area (Å²) in [7, 11) is 2.25. The zero-order valence-corrected chi connectivity index (χ0v) is 11.9. The fourth-order valence-corrected chi connectivity index (χ4v) is 3.47. The highest BCUT2D eigenvalue weighted by atomic mass is 79.9. The van der Waals surface area contributed by atoms with Crippen LogP contribution in [0, 0.1) is 0 Å². The Morgan fingerprint density at radius 1 is 1.47 bits per heavy atom. The molecule has 0 amide bonds. The van der Waals surface area contributed by atoms with E-state index in [1.54, 1.807) is 0 Å². The van der Waals surface area contributed by atoms with Crippen LogP contribution in [-0.2, 0) is 12.8 Å². The second-order valence-electron chi connectivity index (χ2n) is 5.28. The Balaban J connectivity index is 1.83. The van der Waals surface area contributed by atoms with Gasteiger partial charge in [-0.25, -0.2) is 0 Å². The molecule has 92 valence electrons. The van der Waals surface area contributed by atoms with Crippen LogP contribution in [0.1, 0.15) is 36.1 Å². The number of likely N-dealkylation sites (tertiary alicyclic amines) is 1. The number of likely N-dealkylation sites (N-methyl/N-ethyl adjacent to an activating group) is 1. The molecule has 2 heterocycles. The lowest BCUT2D eigenvalue weighted by Crippen LogP contribution is -2.26. The van der Waals surface area contributed by atoms with Crippen LogP contribution >= 0.6 is 15.9 Å². The van der Waals surface area contributed by atoms with Crippen LogP contribution in [0.4, 0.5) is 0 Å². The maximum absolute atomic E-state index is 3.64. The average molecular weight is 295 g/mol. The minimum Gasteiger partial charge on any atom is -0.364 e. The van der Waals surface area contributed by atoms with Crippen LogP contribution in [-0.4, -0.2) is 29.5 Å². The third-order valence-electron chi connectivity index (χ3n) is 4.13. The molecular formula is C14H19BrN2. The maximum Gasteiger partial charge on any atom is 0.0227 e. The molecule has 1 aromatic heterocycles. The van der Waals surface area contributed by atoms with Crippen LogP contribution in [0.3, 0.4) is 0 Å². The van der Waals surface area contributed by atoms with Gasteiger partial charge in [0.1, 0.15) is 0 Å². The molecular weight excluding hydrogens is 276 g/mol.